The number of benzene rings is 1. The van der Waals surface area contributed by atoms with Gasteiger partial charge in [-0.1, -0.05) is 12.1 Å². The summed E-state index contributed by atoms with van der Waals surface area (Å²) in [5.41, 5.74) is 4.34. The van der Waals surface area contributed by atoms with Crippen LogP contribution in [0.5, 0.6) is 0 Å². The Bertz CT molecular complexity index is 1120. The van der Waals surface area contributed by atoms with Gasteiger partial charge in [-0.25, -0.2) is 9.97 Å². The number of rotatable bonds is 5. The second-order valence-electron chi connectivity index (χ2n) is 6.63. The van der Waals surface area contributed by atoms with Gasteiger partial charge < -0.3 is 9.73 Å². The summed E-state index contributed by atoms with van der Waals surface area (Å²) in [6.07, 6.45) is 1.42. The molecule has 0 aliphatic heterocycles. The van der Waals surface area contributed by atoms with Crippen LogP contribution in [0.2, 0.25) is 0 Å². The van der Waals surface area contributed by atoms with Crippen molar-refractivity contribution in [2.75, 3.05) is 5.32 Å². The number of carbonyl (C=O) groups is 1. The molecule has 2 aromatic heterocycles. The van der Waals surface area contributed by atoms with Gasteiger partial charge in [0.15, 0.2) is 10.2 Å². The van der Waals surface area contributed by atoms with Crippen molar-refractivity contribution in [2.45, 2.75) is 37.9 Å². The summed E-state index contributed by atoms with van der Waals surface area (Å²) in [5, 5.41) is 13.4. The predicted octanol–water partition coefficient (Wildman–Crippen LogP) is 5.00. The molecule has 29 heavy (non-hydrogen) atoms. The number of amides is 1. The Hall–Kier alpha value is -3.37. The Morgan fingerprint density at radius 2 is 1.83 bits per heavy atom. The summed E-state index contributed by atoms with van der Waals surface area (Å²) in [5.74, 6) is -0.0750. The zero-order valence-electron chi connectivity index (χ0n) is 16.6. The summed E-state index contributed by atoms with van der Waals surface area (Å²) < 4.78 is 5.72. The normalized spacial score (nSPS) is 11.2. The molecule has 0 bridgehead atoms. The fraction of sp³-hybridized carbons (Fsp3) is 0.182. The van der Waals surface area contributed by atoms with Gasteiger partial charge in [0.2, 0.25) is 0 Å². The number of nitrogens with one attached hydrogen (secondary N) is 1. The first kappa shape index (κ1) is 20.4. The molecular formula is C22H20N4O2S. The fourth-order valence-electron chi connectivity index (χ4n) is 2.65. The second kappa shape index (κ2) is 8.76. The molecule has 146 valence electrons. The van der Waals surface area contributed by atoms with Crippen LogP contribution >= 0.6 is 11.8 Å². The minimum absolute atomic E-state index is 0.0422. The van der Waals surface area contributed by atoms with E-state index in [9.17, 15) is 10.1 Å². The lowest BCUT2D eigenvalue weighted by Gasteiger charge is -2.08. The standard InChI is InChI=1S/C22H20N4O2S/c1-13-5-6-14(2)19(9-13)26-21(27)17(12-23)11-18-7-8-20(28-18)29-22-24-15(3)10-16(4)25-22/h5-11H,1-4H3,(H,26,27)/b17-11+. The number of aromatic nitrogens is 2. The van der Waals surface area contributed by atoms with Crippen molar-refractivity contribution in [3.05, 3.63) is 70.2 Å². The monoisotopic (exact) mass is 404 g/mol. The lowest BCUT2D eigenvalue weighted by Crippen LogP contribution is -2.14. The van der Waals surface area contributed by atoms with Gasteiger partial charge in [0, 0.05) is 23.2 Å². The molecule has 1 amide bonds. The first-order valence-electron chi connectivity index (χ1n) is 8.94. The van der Waals surface area contributed by atoms with Crippen molar-refractivity contribution in [3.63, 3.8) is 0 Å². The highest BCUT2D eigenvalue weighted by atomic mass is 32.2. The van der Waals surface area contributed by atoms with Gasteiger partial charge in [0.1, 0.15) is 17.4 Å². The van der Waals surface area contributed by atoms with E-state index in [-0.39, 0.29) is 5.57 Å². The van der Waals surface area contributed by atoms with Crippen molar-refractivity contribution in [1.29, 1.82) is 5.26 Å². The van der Waals surface area contributed by atoms with Crippen LogP contribution in [0.4, 0.5) is 5.69 Å². The zero-order chi connectivity index (χ0) is 21.0. The van der Waals surface area contributed by atoms with Gasteiger partial charge >= 0.3 is 0 Å². The molecule has 0 unspecified atom stereocenters. The van der Waals surface area contributed by atoms with Gasteiger partial charge in [-0.15, -0.1) is 0 Å². The molecule has 0 spiro atoms. The largest absolute Gasteiger partial charge is 0.450 e. The number of furan rings is 1. The quantitative estimate of drug-likeness (QED) is 0.365. The highest BCUT2D eigenvalue weighted by Crippen LogP contribution is 2.28. The average molecular weight is 404 g/mol. The molecule has 0 saturated heterocycles. The van der Waals surface area contributed by atoms with E-state index in [4.69, 9.17) is 4.42 Å². The number of aryl methyl sites for hydroxylation is 4. The van der Waals surface area contributed by atoms with Crippen molar-refractivity contribution in [2.24, 2.45) is 0 Å². The molecule has 0 fully saturated rings. The molecule has 0 aliphatic carbocycles. The Kier molecular flexibility index (Phi) is 6.15. The molecule has 6 nitrogen and oxygen atoms in total. The first-order valence-corrected chi connectivity index (χ1v) is 9.76. The molecule has 0 aliphatic rings. The summed E-state index contributed by atoms with van der Waals surface area (Å²) in [6, 6.07) is 13.1. The third-order valence-electron chi connectivity index (χ3n) is 4.05. The smallest absolute Gasteiger partial charge is 0.266 e. The Balaban J connectivity index is 1.76. The lowest BCUT2D eigenvalue weighted by molar-refractivity contribution is -0.112. The van der Waals surface area contributed by atoms with Crippen LogP contribution in [-0.2, 0) is 4.79 Å². The molecule has 1 aromatic carbocycles. The number of hydrogen-bond donors (Lipinski definition) is 1. The van der Waals surface area contributed by atoms with E-state index in [0.717, 1.165) is 22.5 Å². The summed E-state index contributed by atoms with van der Waals surface area (Å²) in [6.45, 7) is 7.65. The van der Waals surface area contributed by atoms with E-state index in [1.165, 1.54) is 17.8 Å². The maximum absolute atomic E-state index is 12.5. The van der Waals surface area contributed by atoms with Crippen LogP contribution < -0.4 is 5.32 Å². The summed E-state index contributed by atoms with van der Waals surface area (Å²) >= 11 is 1.28. The van der Waals surface area contributed by atoms with Gasteiger partial charge in [-0.05, 0) is 74.8 Å². The Labute approximate surface area is 173 Å². The number of nitriles is 1. The van der Waals surface area contributed by atoms with Crippen molar-refractivity contribution < 1.29 is 9.21 Å². The number of hydrogen-bond acceptors (Lipinski definition) is 6. The van der Waals surface area contributed by atoms with Crippen molar-refractivity contribution in [3.8, 4) is 6.07 Å². The SMILES string of the molecule is Cc1ccc(C)c(NC(=O)/C(C#N)=C/c2ccc(Sc3nc(C)cc(C)n3)o2)c1. The topological polar surface area (TPSA) is 91.8 Å². The van der Waals surface area contributed by atoms with E-state index in [0.29, 0.717) is 21.7 Å². The Morgan fingerprint density at radius 1 is 1.10 bits per heavy atom. The maximum Gasteiger partial charge on any atom is 0.266 e. The van der Waals surface area contributed by atoms with Crippen LogP contribution in [0.25, 0.3) is 6.08 Å². The van der Waals surface area contributed by atoms with E-state index >= 15 is 0 Å². The molecule has 3 rings (SSSR count). The highest BCUT2D eigenvalue weighted by Gasteiger charge is 2.13. The molecule has 3 aromatic rings. The first-order chi connectivity index (χ1) is 13.8. The van der Waals surface area contributed by atoms with E-state index in [2.05, 4.69) is 15.3 Å². The summed E-state index contributed by atoms with van der Waals surface area (Å²) in [7, 11) is 0. The predicted molar refractivity (Wildman–Crippen MR) is 112 cm³/mol. The number of nitrogens with zero attached hydrogens (tertiary/aromatic N) is 3. The number of carbonyl (C=O) groups excluding carboxylic acids is 1. The molecule has 0 atom stereocenters. The van der Waals surface area contributed by atoms with Crippen LogP contribution in [0.1, 0.15) is 28.3 Å². The van der Waals surface area contributed by atoms with Gasteiger partial charge in [-0.3, -0.25) is 4.79 Å². The van der Waals surface area contributed by atoms with Crippen LogP contribution in [-0.4, -0.2) is 15.9 Å². The lowest BCUT2D eigenvalue weighted by atomic mass is 10.1. The van der Waals surface area contributed by atoms with Gasteiger partial charge in [0.25, 0.3) is 5.91 Å². The fourth-order valence-corrected chi connectivity index (χ4v) is 3.48. The number of anilines is 1. The van der Waals surface area contributed by atoms with E-state index in [1.807, 2.05) is 58.0 Å². The average Bonchev–Trinajstić information content (AvgIpc) is 3.08. The molecule has 0 radical (unpaired) electrons. The minimum Gasteiger partial charge on any atom is -0.450 e. The molecule has 1 N–H and O–H groups in total. The van der Waals surface area contributed by atoms with Gasteiger partial charge in [-0.2, -0.15) is 5.26 Å². The Morgan fingerprint density at radius 3 is 2.52 bits per heavy atom. The molecule has 0 saturated carbocycles. The highest BCUT2D eigenvalue weighted by molar-refractivity contribution is 7.99. The van der Waals surface area contributed by atoms with Gasteiger partial charge in [0.05, 0.1) is 0 Å². The van der Waals surface area contributed by atoms with Crippen LogP contribution in [0.15, 0.2) is 56.6 Å². The van der Waals surface area contributed by atoms with E-state index < -0.39 is 5.91 Å². The molecule has 2 heterocycles. The summed E-state index contributed by atoms with van der Waals surface area (Å²) in [4.78, 5) is 21.2. The van der Waals surface area contributed by atoms with Crippen LogP contribution in [0.3, 0.4) is 0 Å². The minimum atomic E-state index is -0.482. The zero-order valence-corrected chi connectivity index (χ0v) is 17.4. The molecular weight excluding hydrogens is 384 g/mol. The third-order valence-corrected chi connectivity index (χ3v) is 4.83. The van der Waals surface area contributed by atoms with Crippen LogP contribution in [0, 0.1) is 39.0 Å². The van der Waals surface area contributed by atoms with Crippen molar-refractivity contribution >= 4 is 29.4 Å². The van der Waals surface area contributed by atoms with E-state index in [1.54, 1.807) is 12.1 Å². The molecule has 7 heteroatoms. The maximum atomic E-state index is 12.5. The third kappa shape index (κ3) is 5.33. The second-order valence-corrected chi connectivity index (χ2v) is 7.61. The van der Waals surface area contributed by atoms with Crippen molar-refractivity contribution in [1.82, 2.24) is 9.97 Å².